The normalized spacial score (nSPS) is 10.3. The van der Waals surface area contributed by atoms with Crippen LogP contribution < -0.4 is 14.8 Å². The lowest BCUT2D eigenvalue weighted by molar-refractivity contribution is -0.136. The molecule has 6 nitrogen and oxygen atoms in total. The summed E-state index contributed by atoms with van der Waals surface area (Å²) in [5.74, 6) is 0.710. The summed E-state index contributed by atoms with van der Waals surface area (Å²) in [4.78, 5) is 26.5. The summed E-state index contributed by atoms with van der Waals surface area (Å²) in [6, 6.07) is 12.9. The van der Waals surface area contributed by atoms with Crippen LogP contribution in [0.3, 0.4) is 0 Å². The van der Waals surface area contributed by atoms with Crippen LogP contribution in [-0.4, -0.2) is 43.5 Å². The van der Waals surface area contributed by atoms with Crippen molar-refractivity contribution in [1.82, 2.24) is 4.90 Å². The fourth-order valence-corrected chi connectivity index (χ4v) is 2.71. The third-order valence-corrected chi connectivity index (χ3v) is 4.40. The van der Waals surface area contributed by atoms with Gasteiger partial charge in [-0.05, 0) is 55.7 Å². The highest BCUT2D eigenvalue weighted by atomic mass is 16.5. The summed E-state index contributed by atoms with van der Waals surface area (Å²) in [6.45, 7) is 6.31. The molecule has 6 heteroatoms. The Balaban J connectivity index is 1.96. The molecule has 0 fully saturated rings. The molecule has 0 heterocycles. The Bertz CT molecular complexity index is 820. The van der Waals surface area contributed by atoms with Gasteiger partial charge in [0.25, 0.3) is 5.91 Å². The fraction of sp³-hybridized carbons (Fsp3) is 0.364. The van der Waals surface area contributed by atoms with Gasteiger partial charge in [0.2, 0.25) is 5.91 Å². The third-order valence-electron chi connectivity index (χ3n) is 4.40. The van der Waals surface area contributed by atoms with E-state index in [9.17, 15) is 9.59 Å². The van der Waals surface area contributed by atoms with Gasteiger partial charge in [0.05, 0.1) is 19.3 Å². The zero-order valence-corrected chi connectivity index (χ0v) is 17.0. The quantitative estimate of drug-likeness (QED) is 0.718. The van der Waals surface area contributed by atoms with Gasteiger partial charge in [-0.2, -0.15) is 0 Å². The van der Waals surface area contributed by atoms with Gasteiger partial charge >= 0.3 is 0 Å². The molecular weight excluding hydrogens is 356 g/mol. The van der Waals surface area contributed by atoms with Gasteiger partial charge in [-0.15, -0.1) is 0 Å². The molecule has 2 aromatic carbocycles. The number of hydrogen-bond donors (Lipinski definition) is 1. The number of hydrogen-bond acceptors (Lipinski definition) is 4. The minimum absolute atomic E-state index is 0.0407. The molecule has 28 heavy (non-hydrogen) atoms. The Morgan fingerprint density at radius 3 is 2.50 bits per heavy atom. The van der Waals surface area contributed by atoms with Crippen LogP contribution in [-0.2, 0) is 9.59 Å². The van der Waals surface area contributed by atoms with Crippen molar-refractivity contribution in [1.29, 1.82) is 0 Å². The molecule has 0 aliphatic carbocycles. The molecule has 2 aromatic rings. The maximum Gasteiger partial charge on any atom is 0.260 e. The van der Waals surface area contributed by atoms with Crippen LogP contribution in [0.1, 0.15) is 24.5 Å². The van der Waals surface area contributed by atoms with Crippen LogP contribution in [0, 0.1) is 13.8 Å². The van der Waals surface area contributed by atoms with Crippen molar-refractivity contribution >= 4 is 17.5 Å². The molecule has 2 amide bonds. The van der Waals surface area contributed by atoms with Gasteiger partial charge in [0.1, 0.15) is 11.5 Å². The number of para-hydroxylation sites is 2. The van der Waals surface area contributed by atoms with Gasteiger partial charge in [0.15, 0.2) is 6.61 Å². The van der Waals surface area contributed by atoms with E-state index in [4.69, 9.17) is 9.47 Å². The van der Waals surface area contributed by atoms with Crippen LogP contribution >= 0.6 is 0 Å². The van der Waals surface area contributed by atoms with Crippen molar-refractivity contribution in [3.8, 4) is 11.5 Å². The SMILES string of the molecule is CCCN(CC(=O)Nc1ccccc1OC)C(=O)COc1ccc(C)c(C)c1. The van der Waals surface area contributed by atoms with Crippen molar-refractivity contribution in [3.05, 3.63) is 53.6 Å². The van der Waals surface area contributed by atoms with Crippen LogP contribution in [0.5, 0.6) is 11.5 Å². The zero-order chi connectivity index (χ0) is 20.5. The van der Waals surface area contributed by atoms with Crippen LogP contribution in [0.4, 0.5) is 5.69 Å². The van der Waals surface area contributed by atoms with E-state index in [1.807, 2.05) is 51.1 Å². The molecule has 0 aliphatic heterocycles. The molecule has 150 valence electrons. The topological polar surface area (TPSA) is 67.9 Å². The number of rotatable bonds is 9. The summed E-state index contributed by atoms with van der Waals surface area (Å²) >= 11 is 0. The predicted molar refractivity (Wildman–Crippen MR) is 110 cm³/mol. The molecule has 0 radical (unpaired) electrons. The van der Waals surface area contributed by atoms with Crippen LogP contribution in [0.25, 0.3) is 0 Å². The Morgan fingerprint density at radius 1 is 1.07 bits per heavy atom. The predicted octanol–water partition coefficient (Wildman–Crippen LogP) is 3.57. The number of methoxy groups -OCH3 is 1. The molecule has 1 N–H and O–H groups in total. The van der Waals surface area contributed by atoms with Crippen molar-refractivity contribution in [2.24, 2.45) is 0 Å². The summed E-state index contributed by atoms with van der Waals surface area (Å²) < 4.78 is 10.9. The lowest BCUT2D eigenvalue weighted by Gasteiger charge is -2.22. The lowest BCUT2D eigenvalue weighted by Crippen LogP contribution is -2.41. The Hall–Kier alpha value is -3.02. The van der Waals surface area contributed by atoms with Crippen LogP contribution in [0.15, 0.2) is 42.5 Å². The highest BCUT2D eigenvalue weighted by Gasteiger charge is 2.18. The molecule has 0 aliphatic rings. The standard InChI is InChI=1S/C22H28N2O4/c1-5-12-24(14-21(25)23-19-8-6-7-9-20(19)27-4)22(26)15-28-18-11-10-16(2)17(3)13-18/h6-11,13H,5,12,14-15H2,1-4H3,(H,23,25). The van der Waals surface area contributed by atoms with Gasteiger partial charge in [-0.3, -0.25) is 9.59 Å². The average Bonchev–Trinajstić information content (AvgIpc) is 2.68. The smallest absolute Gasteiger partial charge is 0.260 e. The number of nitrogens with one attached hydrogen (secondary N) is 1. The van der Waals surface area contributed by atoms with E-state index < -0.39 is 0 Å². The monoisotopic (exact) mass is 384 g/mol. The van der Waals surface area contributed by atoms with Crippen molar-refractivity contribution in [3.63, 3.8) is 0 Å². The molecular formula is C22H28N2O4. The summed E-state index contributed by atoms with van der Waals surface area (Å²) in [7, 11) is 1.54. The highest BCUT2D eigenvalue weighted by Crippen LogP contribution is 2.23. The van der Waals surface area contributed by atoms with E-state index in [0.29, 0.717) is 23.7 Å². The second-order valence-corrected chi connectivity index (χ2v) is 6.60. The fourth-order valence-electron chi connectivity index (χ4n) is 2.71. The summed E-state index contributed by atoms with van der Waals surface area (Å²) in [5, 5.41) is 2.79. The largest absolute Gasteiger partial charge is 0.495 e. The number of carbonyl (C=O) groups is 2. The van der Waals surface area contributed by atoms with E-state index in [2.05, 4.69) is 5.32 Å². The highest BCUT2D eigenvalue weighted by molar-refractivity contribution is 5.95. The molecule has 0 saturated heterocycles. The van der Waals surface area contributed by atoms with E-state index in [1.165, 1.54) is 10.5 Å². The van der Waals surface area contributed by atoms with E-state index in [1.54, 1.807) is 19.2 Å². The average molecular weight is 384 g/mol. The molecule has 0 saturated carbocycles. The number of nitrogens with zero attached hydrogens (tertiary/aromatic N) is 1. The summed E-state index contributed by atoms with van der Waals surface area (Å²) in [6.07, 6.45) is 0.747. The number of carbonyl (C=O) groups excluding carboxylic acids is 2. The number of amides is 2. The Labute approximate surface area is 166 Å². The molecule has 0 atom stereocenters. The maximum absolute atomic E-state index is 12.6. The minimum Gasteiger partial charge on any atom is -0.495 e. The first-order chi connectivity index (χ1) is 13.4. The molecule has 0 spiro atoms. The van der Waals surface area contributed by atoms with Gasteiger partial charge < -0.3 is 19.7 Å². The Morgan fingerprint density at radius 2 is 1.82 bits per heavy atom. The van der Waals surface area contributed by atoms with Gasteiger partial charge in [-0.25, -0.2) is 0 Å². The molecule has 2 rings (SSSR count). The van der Waals surface area contributed by atoms with Crippen molar-refractivity contribution in [2.45, 2.75) is 27.2 Å². The molecule has 0 bridgehead atoms. The number of benzene rings is 2. The second-order valence-electron chi connectivity index (χ2n) is 6.60. The maximum atomic E-state index is 12.6. The van der Waals surface area contributed by atoms with Gasteiger partial charge in [-0.1, -0.05) is 25.1 Å². The van der Waals surface area contributed by atoms with Crippen molar-refractivity contribution < 1.29 is 19.1 Å². The first-order valence-electron chi connectivity index (χ1n) is 9.35. The van der Waals surface area contributed by atoms with Crippen molar-refractivity contribution in [2.75, 3.05) is 32.1 Å². The molecule has 0 unspecified atom stereocenters. The number of ether oxygens (including phenoxy) is 2. The second kappa shape index (κ2) is 10.3. The molecule has 0 aromatic heterocycles. The zero-order valence-electron chi connectivity index (χ0n) is 17.0. The number of aryl methyl sites for hydroxylation is 2. The first-order valence-corrected chi connectivity index (χ1v) is 9.35. The van der Waals surface area contributed by atoms with E-state index >= 15 is 0 Å². The lowest BCUT2D eigenvalue weighted by atomic mass is 10.1. The van der Waals surface area contributed by atoms with Gasteiger partial charge in [0, 0.05) is 6.54 Å². The van der Waals surface area contributed by atoms with E-state index in [-0.39, 0.29) is 25.0 Å². The minimum atomic E-state index is -0.280. The number of anilines is 1. The van der Waals surface area contributed by atoms with E-state index in [0.717, 1.165) is 12.0 Å². The third kappa shape index (κ3) is 6.01. The first kappa shape index (κ1) is 21.3. The summed E-state index contributed by atoms with van der Waals surface area (Å²) in [5.41, 5.74) is 2.84. The Kier molecular flexibility index (Phi) is 7.87. The van der Waals surface area contributed by atoms with Crippen LogP contribution in [0.2, 0.25) is 0 Å².